The fourth-order valence-electron chi connectivity index (χ4n) is 4.03. The maximum absolute atomic E-state index is 13.1. The molecule has 4 rings (SSSR count). The monoisotopic (exact) mass is 477 g/mol. The number of nitrogens with zero attached hydrogens (tertiary/aromatic N) is 3. The number of ether oxygens (including phenoxy) is 1. The number of hydrogen-bond donors (Lipinski definition) is 0. The minimum Gasteiger partial charge on any atom is -0.370 e. The van der Waals surface area contributed by atoms with Crippen molar-refractivity contribution in [1.82, 2.24) is 14.8 Å². The van der Waals surface area contributed by atoms with Gasteiger partial charge in [-0.1, -0.05) is 66.2 Å². The lowest BCUT2D eigenvalue weighted by Crippen LogP contribution is -2.39. The normalized spacial score (nSPS) is 16.4. The molecule has 2 heterocycles. The van der Waals surface area contributed by atoms with E-state index in [0.29, 0.717) is 37.7 Å². The maximum Gasteiger partial charge on any atom is 0.242 e. The first-order valence-corrected chi connectivity index (χ1v) is 11.8. The van der Waals surface area contributed by atoms with Crippen LogP contribution in [0.5, 0.6) is 0 Å². The molecular formula is C27H28ClN3O3. The van der Waals surface area contributed by atoms with E-state index in [1.54, 1.807) is 22.2 Å². The second-order valence-corrected chi connectivity index (χ2v) is 8.83. The SMILES string of the molecule is O=C(CCc1ccccc1Cl)N1CC(=O)N(Cc2cccnc2)C[C@@H](OCc2ccccc2)C1. The number of hydrogen-bond acceptors (Lipinski definition) is 4. The summed E-state index contributed by atoms with van der Waals surface area (Å²) in [5, 5.41) is 0.647. The van der Waals surface area contributed by atoms with Crippen LogP contribution >= 0.6 is 11.6 Å². The molecule has 1 aromatic heterocycles. The maximum atomic E-state index is 13.1. The van der Waals surface area contributed by atoms with Gasteiger partial charge in [0.15, 0.2) is 0 Å². The fraction of sp³-hybridized carbons (Fsp3) is 0.296. The fourth-order valence-corrected chi connectivity index (χ4v) is 4.26. The Labute approximate surface area is 205 Å². The van der Waals surface area contributed by atoms with Crippen molar-refractivity contribution in [3.8, 4) is 0 Å². The molecule has 2 aromatic carbocycles. The zero-order chi connectivity index (χ0) is 23.8. The largest absolute Gasteiger partial charge is 0.370 e. The number of rotatable bonds is 8. The van der Waals surface area contributed by atoms with E-state index < -0.39 is 0 Å². The highest BCUT2D eigenvalue weighted by atomic mass is 35.5. The summed E-state index contributed by atoms with van der Waals surface area (Å²) in [6.07, 6.45) is 3.97. The standard InChI is InChI=1S/C27H28ClN3O3/c28-25-11-5-4-10-23(25)12-13-26(32)31-18-24(34-20-21-7-2-1-3-8-21)17-30(27(33)19-31)16-22-9-6-14-29-15-22/h1-11,14-15,24H,12-13,16-20H2/t24-/m1/s1. The highest BCUT2D eigenvalue weighted by molar-refractivity contribution is 6.31. The second-order valence-electron chi connectivity index (χ2n) is 8.42. The lowest BCUT2D eigenvalue weighted by molar-refractivity contribution is -0.139. The highest BCUT2D eigenvalue weighted by Crippen LogP contribution is 2.19. The molecule has 1 saturated heterocycles. The molecule has 1 fully saturated rings. The number of halogens is 1. The van der Waals surface area contributed by atoms with Crippen molar-refractivity contribution >= 4 is 23.4 Å². The smallest absolute Gasteiger partial charge is 0.242 e. The molecule has 1 aliphatic rings. The van der Waals surface area contributed by atoms with Crippen LogP contribution in [0.4, 0.5) is 0 Å². The molecule has 0 saturated carbocycles. The first-order chi connectivity index (χ1) is 16.6. The van der Waals surface area contributed by atoms with Crippen LogP contribution in [0.15, 0.2) is 79.1 Å². The van der Waals surface area contributed by atoms with Gasteiger partial charge in [0.2, 0.25) is 11.8 Å². The average molecular weight is 478 g/mol. The number of pyridine rings is 1. The minimum atomic E-state index is -0.299. The van der Waals surface area contributed by atoms with E-state index in [-0.39, 0.29) is 30.9 Å². The van der Waals surface area contributed by atoms with Gasteiger partial charge in [-0.3, -0.25) is 14.6 Å². The average Bonchev–Trinajstić information content (AvgIpc) is 3.02. The van der Waals surface area contributed by atoms with Crippen molar-refractivity contribution in [3.05, 3.63) is 101 Å². The number of benzene rings is 2. The molecule has 7 heteroatoms. The van der Waals surface area contributed by atoms with Crippen LogP contribution in [0.3, 0.4) is 0 Å². The van der Waals surface area contributed by atoms with Crippen LogP contribution in [-0.2, 0) is 33.9 Å². The van der Waals surface area contributed by atoms with Crippen molar-refractivity contribution in [1.29, 1.82) is 0 Å². The van der Waals surface area contributed by atoms with Gasteiger partial charge in [-0.2, -0.15) is 0 Å². The lowest BCUT2D eigenvalue weighted by atomic mass is 10.1. The summed E-state index contributed by atoms with van der Waals surface area (Å²) in [5.74, 6) is -0.175. The number of carbonyl (C=O) groups is 2. The van der Waals surface area contributed by atoms with E-state index in [0.717, 1.165) is 16.7 Å². The van der Waals surface area contributed by atoms with Crippen molar-refractivity contribution < 1.29 is 14.3 Å². The first kappa shape index (κ1) is 23.9. The van der Waals surface area contributed by atoms with Crippen molar-refractivity contribution in [2.75, 3.05) is 19.6 Å². The van der Waals surface area contributed by atoms with Crippen LogP contribution in [0.2, 0.25) is 5.02 Å². The topological polar surface area (TPSA) is 62.7 Å². The number of carbonyl (C=O) groups excluding carboxylic acids is 2. The molecular weight excluding hydrogens is 450 g/mol. The van der Waals surface area contributed by atoms with Gasteiger partial charge in [0.25, 0.3) is 0 Å². The third kappa shape index (κ3) is 6.65. The van der Waals surface area contributed by atoms with E-state index in [2.05, 4.69) is 4.98 Å². The van der Waals surface area contributed by atoms with Gasteiger partial charge in [-0.05, 0) is 35.2 Å². The second kappa shape index (κ2) is 11.8. The summed E-state index contributed by atoms with van der Waals surface area (Å²) in [4.78, 5) is 33.8. The Bertz CT molecular complexity index is 1090. The minimum absolute atomic E-state index is 0.0345. The van der Waals surface area contributed by atoms with Crippen molar-refractivity contribution in [2.45, 2.75) is 32.1 Å². The third-order valence-electron chi connectivity index (χ3n) is 5.87. The molecule has 1 atom stereocenters. The van der Waals surface area contributed by atoms with Crippen molar-refractivity contribution in [3.63, 3.8) is 0 Å². The van der Waals surface area contributed by atoms with E-state index >= 15 is 0 Å². The Morgan fingerprint density at radius 3 is 2.53 bits per heavy atom. The molecule has 1 aliphatic heterocycles. The van der Waals surface area contributed by atoms with Gasteiger partial charge in [-0.25, -0.2) is 0 Å². The summed E-state index contributed by atoms with van der Waals surface area (Å²) < 4.78 is 6.20. The van der Waals surface area contributed by atoms with Gasteiger partial charge >= 0.3 is 0 Å². The quantitative estimate of drug-likeness (QED) is 0.489. The zero-order valence-corrected chi connectivity index (χ0v) is 19.7. The Hall–Kier alpha value is -3.22. The lowest BCUT2D eigenvalue weighted by Gasteiger charge is -2.25. The molecule has 0 spiro atoms. The summed E-state index contributed by atoms with van der Waals surface area (Å²) in [7, 11) is 0. The van der Waals surface area contributed by atoms with Gasteiger partial charge < -0.3 is 14.5 Å². The summed E-state index contributed by atoms with van der Waals surface area (Å²) >= 11 is 6.25. The molecule has 0 aliphatic carbocycles. The Morgan fingerprint density at radius 1 is 1.00 bits per heavy atom. The number of aryl methyl sites for hydroxylation is 1. The Morgan fingerprint density at radius 2 is 1.76 bits per heavy atom. The number of amides is 2. The van der Waals surface area contributed by atoms with Crippen LogP contribution in [-0.4, -0.2) is 52.3 Å². The molecule has 3 aromatic rings. The predicted octanol–water partition coefficient (Wildman–Crippen LogP) is 4.12. The third-order valence-corrected chi connectivity index (χ3v) is 6.24. The summed E-state index contributed by atoms with van der Waals surface area (Å²) in [6, 6.07) is 21.2. The van der Waals surface area contributed by atoms with E-state index in [1.807, 2.05) is 66.7 Å². The van der Waals surface area contributed by atoms with E-state index in [4.69, 9.17) is 16.3 Å². The zero-order valence-electron chi connectivity index (χ0n) is 19.0. The molecule has 0 bridgehead atoms. The first-order valence-electron chi connectivity index (χ1n) is 11.4. The molecule has 0 radical (unpaired) electrons. The molecule has 176 valence electrons. The van der Waals surface area contributed by atoms with Crippen LogP contribution in [0, 0.1) is 0 Å². The van der Waals surface area contributed by atoms with Gasteiger partial charge in [0.1, 0.15) is 0 Å². The van der Waals surface area contributed by atoms with Crippen LogP contribution in [0.1, 0.15) is 23.1 Å². The number of aromatic nitrogens is 1. The van der Waals surface area contributed by atoms with Gasteiger partial charge in [0, 0.05) is 43.5 Å². The van der Waals surface area contributed by atoms with Gasteiger partial charge in [-0.15, -0.1) is 0 Å². The van der Waals surface area contributed by atoms with Crippen LogP contribution in [0.25, 0.3) is 0 Å². The van der Waals surface area contributed by atoms with Crippen LogP contribution < -0.4 is 0 Å². The summed E-state index contributed by atoms with van der Waals surface area (Å²) in [6.45, 7) is 1.66. The molecule has 34 heavy (non-hydrogen) atoms. The van der Waals surface area contributed by atoms with Gasteiger partial charge in [0.05, 0.1) is 19.3 Å². The Kier molecular flexibility index (Phi) is 8.28. The molecule has 2 amide bonds. The molecule has 0 N–H and O–H groups in total. The molecule has 0 unspecified atom stereocenters. The summed E-state index contributed by atoms with van der Waals surface area (Å²) in [5.41, 5.74) is 2.92. The Balaban J connectivity index is 1.46. The van der Waals surface area contributed by atoms with Crippen molar-refractivity contribution in [2.24, 2.45) is 0 Å². The molecule has 6 nitrogen and oxygen atoms in total. The van der Waals surface area contributed by atoms with E-state index in [9.17, 15) is 9.59 Å². The highest BCUT2D eigenvalue weighted by Gasteiger charge is 2.31. The predicted molar refractivity (Wildman–Crippen MR) is 131 cm³/mol. The van der Waals surface area contributed by atoms with E-state index in [1.165, 1.54) is 0 Å².